The summed E-state index contributed by atoms with van der Waals surface area (Å²) < 4.78 is 12.2. The van der Waals surface area contributed by atoms with Crippen molar-refractivity contribution < 1.29 is 19.1 Å². The molecule has 0 radical (unpaired) electrons. The number of rotatable bonds is 7. The first kappa shape index (κ1) is 24.9. The quantitative estimate of drug-likeness (QED) is 0.228. The van der Waals surface area contributed by atoms with E-state index in [9.17, 15) is 19.6 Å². The molecule has 9 nitrogen and oxygen atoms in total. The van der Waals surface area contributed by atoms with Gasteiger partial charge in [0.05, 0.1) is 12.2 Å². The number of pyridine rings is 1. The van der Waals surface area contributed by atoms with Gasteiger partial charge in [-0.3, -0.25) is 14.0 Å². The van der Waals surface area contributed by atoms with Crippen LogP contribution in [0.2, 0.25) is 0 Å². The van der Waals surface area contributed by atoms with Gasteiger partial charge in [-0.05, 0) is 74.0 Å². The summed E-state index contributed by atoms with van der Waals surface area (Å²) in [6.45, 7) is 3.84. The molecule has 9 heteroatoms. The summed E-state index contributed by atoms with van der Waals surface area (Å²) in [6, 6.07) is 20.1. The van der Waals surface area contributed by atoms with Crippen LogP contribution in [-0.2, 0) is 9.53 Å². The summed E-state index contributed by atoms with van der Waals surface area (Å²) in [6.07, 6.45) is 2.69. The van der Waals surface area contributed by atoms with Gasteiger partial charge in [-0.1, -0.05) is 18.2 Å². The number of anilines is 1. The predicted octanol–water partition coefficient (Wildman–Crippen LogP) is 4.52. The van der Waals surface area contributed by atoms with Gasteiger partial charge >= 0.3 is 5.97 Å². The zero-order valence-corrected chi connectivity index (χ0v) is 20.1. The Balaban J connectivity index is 1.70. The number of benzene rings is 2. The highest BCUT2D eigenvalue weighted by atomic mass is 16.5. The van der Waals surface area contributed by atoms with Crippen molar-refractivity contribution in [3.05, 3.63) is 106 Å². The molecule has 0 fully saturated rings. The van der Waals surface area contributed by atoms with Gasteiger partial charge in [0.2, 0.25) is 5.88 Å². The third kappa shape index (κ3) is 5.71. The number of nitrogens with one attached hydrogen (secondary N) is 1. The number of hydrogen-bond donors (Lipinski definition) is 1. The van der Waals surface area contributed by atoms with Gasteiger partial charge < -0.3 is 14.8 Å². The van der Waals surface area contributed by atoms with Crippen molar-refractivity contribution in [2.75, 3.05) is 11.9 Å². The molecule has 0 unspecified atom stereocenters. The normalized spacial score (nSPS) is 11.0. The van der Waals surface area contributed by atoms with Crippen molar-refractivity contribution in [3.63, 3.8) is 0 Å². The lowest BCUT2D eigenvalue weighted by Crippen LogP contribution is -2.20. The smallest absolute Gasteiger partial charge is 0.338 e. The zero-order chi connectivity index (χ0) is 26.4. The van der Waals surface area contributed by atoms with Crippen molar-refractivity contribution in [1.82, 2.24) is 9.38 Å². The Bertz CT molecular complexity index is 1610. The molecule has 0 saturated carbocycles. The van der Waals surface area contributed by atoms with Gasteiger partial charge in [-0.25, -0.2) is 4.79 Å². The third-order valence-corrected chi connectivity index (χ3v) is 5.25. The minimum absolute atomic E-state index is 0.0406. The van der Waals surface area contributed by atoms with E-state index in [1.165, 1.54) is 34.9 Å². The lowest BCUT2D eigenvalue weighted by Gasteiger charge is -2.11. The van der Waals surface area contributed by atoms with E-state index in [-0.39, 0.29) is 23.6 Å². The second-order valence-corrected chi connectivity index (χ2v) is 7.90. The van der Waals surface area contributed by atoms with Gasteiger partial charge in [-0.15, -0.1) is 0 Å². The van der Waals surface area contributed by atoms with E-state index in [0.29, 0.717) is 22.6 Å². The second kappa shape index (κ2) is 11.0. The highest BCUT2D eigenvalue weighted by Crippen LogP contribution is 2.25. The number of carbonyl (C=O) groups is 2. The van der Waals surface area contributed by atoms with Gasteiger partial charge in [0.15, 0.2) is 0 Å². The van der Waals surface area contributed by atoms with Crippen LogP contribution in [0.3, 0.4) is 0 Å². The minimum Gasteiger partial charge on any atom is -0.462 e. The van der Waals surface area contributed by atoms with Gasteiger partial charge in [0.25, 0.3) is 11.5 Å². The summed E-state index contributed by atoms with van der Waals surface area (Å²) in [7, 11) is 0. The Hall–Kier alpha value is -5.23. The second-order valence-electron chi connectivity index (χ2n) is 7.90. The van der Waals surface area contributed by atoms with Crippen LogP contribution < -0.4 is 15.6 Å². The van der Waals surface area contributed by atoms with Crippen molar-refractivity contribution in [2.45, 2.75) is 13.8 Å². The predicted molar refractivity (Wildman–Crippen MR) is 137 cm³/mol. The van der Waals surface area contributed by atoms with Crippen LogP contribution in [0.25, 0.3) is 11.7 Å². The van der Waals surface area contributed by atoms with Crippen LogP contribution in [-0.4, -0.2) is 27.9 Å². The van der Waals surface area contributed by atoms with Crippen LogP contribution in [0, 0.1) is 18.3 Å². The van der Waals surface area contributed by atoms with E-state index in [1.807, 2.05) is 19.1 Å². The van der Waals surface area contributed by atoms with Crippen LogP contribution in [0.5, 0.6) is 11.6 Å². The summed E-state index contributed by atoms with van der Waals surface area (Å²) >= 11 is 0. The number of ether oxygens (including phenoxy) is 2. The average molecular weight is 495 g/mol. The molecule has 0 aliphatic rings. The molecule has 0 spiro atoms. The Morgan fingerprint density at radius 2 is 1.89 bits per heavy atom. The number of esters is 1. The molecule has 0 aliphatic heterocycles. The first-order valence-electron chi connectivity index (χ1n) is 11.4. The van der Waals surface area contributed by atoms with Crippen molar-refractivity contribution >= 4 is 29.3 Å². The highest BCUT2D eigenvalue weighted by Gasteiger charge is 2.18. The Labute approximate surface area is 212 Å². The fourth-order valence-electron chi connectivity index (χ4n) is 3.47. The molecule has 0 bridgehead atoms. The molecule has 1 N–H and O–H groups in total. The van der Waals surface area contributed by atoms with E-state index in [1.54, 1.807) is 43.3 Å². The number of fused-ring (bicyclic) bond motifs is 1. The first-order chi connectivity index (χ1) is 17.9. The number of nitriles is 1. The molecule has 0 saturated heterocycles. The summed E-state index contributed by atoms with van der Waals surface area (Å²) in [5.41, 5.74) is 1.06. The summed E-state index contributed by atoms with van der Waals surface area (Å²) in [5, 5.41) is 12.3. The zero-order valence-electron chi connectivity index (χ0n) is 20.1. The number of carbonyl (C=O) groups excluding carboxylic acids is 2. The summed E-state index contributed by atoms with van der Waals surface area (Å²) in [5.74, 6) is -0.818. The molecular weight excluding hydrogens is 472 g/mol. The maximum atomic E-state index is 13.3. The third-order valence-electron chi connectivity index (χ3n) is 5.25. The van der Waals surface area contributed by atoms with E-state index in [0.717, 1.165) is 11.6 Å². The maximum Gasteiger partial charge on any atom is 0.338 e. The molecule has 4 aromatic rings. The SMILES string of the molecule is CCOC(=O)c1ccc(NC(=O)/C(C#N)=C\c2c(Oc3cccc(C)c3)nc3ccccn3c2=O)cc1. The first-order valence-corrected chi connectivity index (χ1v) is 11.4. The van der Waals surface area contributed by atoms with Crippen LogP contribution in [0.1, 0.15) is 28.4 Å². The molecule has 0 aliphatic carbocycles. The van der Waals surface area contributed by atoms with Crippen LogP contribution in [0.15, 0.2) is 83.3 Å². The standard InChI is InChI=1S/C28H22N4O5/c1-3-36-28(35)19-10-12-21(13-11-19)30-25(33)20(17-29)16-23-26(37-22-8-6-7-18(2)15-22)31-24-9-4-5-14-32(24)27(23)34/h4-16H,3H2,1-2H3,(H,30,33)/b20-16-. The fraction of sp³-hybridized carbons (Fsp3) is 0.107. The maximum absolute atomic E-state index is 13.3. The Morgan fingerprint density at radius 1 is 1.11 bits per heavy atom. The van der Waals surface area contributed by atoms with Gasteiger partial charge in [-0.2, -0.15) is 10.2 Å². The molecule has 0 atom stereocenters. The molecular formula is C28H22N4O5. The molecule has 184 valence electrons. The number of aryl methyl sites for hydroxylation is 1. The topological polar surface area (TPSA) is 123 Å². The number of nitrogens with zero attached hydrogens (tertiary/aromatic N) is 3. The van der Waals surface area contributed by atoms with E-state index < -0.39 is 17.4 Å². The molecule has 2 heterocycles. The number of amides is 1. The minimum atomic E-state index is -0.745. The Kier molecular flexibility index (Phi) is 7.40. The largest absolute Gasteiger partial charge is 0.462 e. The van der Waals surface area contributed by atoms with Crippen molar-refractivity contribution in [1.29, 1.82) is 5.26 Å². The molecule has 2 aromatic carbocycles. The summed E-state index contributed by atoms with van der Waals surface area (Å²) in [4.78, 5) is 42.5. The number of hydrogen-bond acceptors (Lipinski definition) is 7. The Morgan fingerprint density at radius 3 is 2.59 bits per heavy atom. The van der Waals surface area contributed by atoms with Crippen molar-refractivity contribution in [2.24, 2.45) is 0 Å². The van der Waals surface area contributed by atoms with E-state index >= 15 is 0 Å². The average Bonchev–Trinajstić information content (AvgIpc) is 2.89. The van der Waals surface area contributed by atoms with E-state index in [4.69, 9.17) is 9.47 Å². The lowest BCUT2D eigenvalue weighted by atomic mass is 10.1. The lowest BCUT2D eigenvalue weighted by molar-refractivity contribution is -0.112. The molecule has 37 heavy (non-hydrogen) atoms. The van der Waals surface area contributed by atoms with Crippen molar-refractivity contribution in [3.8, 4) is 17.7 Å². The molecule has 1 amide bonds. The van der Waals surface area contributed by atoms with Gasteiger partial charge in [0, 0.05) is 11.9 Å². The molecule has 4 rings (SSSR count). The monoisotopic (exact) mass is 494 g/mol. The fourth-order valence-corrected chi connectivity index (χ4v) is 3.47. The number of aromatic nitrogens is 2. The molecule has 2 aromatic heterocycles. The van der Waals surface area contributed by atoms with Crippen LogP contribution >= 0.6 is 0 Å². The van der Waals surface area contributed by atoms with Gasteiger partial charge in [0.1, 0.15) is 28.6 Å². The van der Waals surface area contributed by atoms with Crippen LogP contribution in [0.4, 0.5) is 5.69 Å². The highest BCUT2D eigenvalue weighted by molar-refractivity contribution is 6.10. The van der Waals surface area contributed by atoms with E-state index in [2.05, 4.69) is 10.3 Å².